The summed E-state index contributed by atoms with van der Waals surface area (Å²) in [7, 11) is 1.64. The van der Waals surface area contributed by atoms with Crippen molar-refractivity contribution in [3.8, 4) is 5.75 Å². The lowest BCUT2D eigenvalue weighted by molar-refractivity contribution is 0.410. The van der Waals surface area contributed by atoms with Gasteiger partial charge in [0.05, 0.1) is 7.11 Å². The Balaban J connectivity index is 2.18. The minimum absolute atomic E-state index is 0.203. The van der Waals surface area contributed by atoms with E-state index in [4.69, 9.17) is 4.74 Å². The Morgan fingerprint density at radius 3 is 2.79 bits per heavy atom. The molecular formula is C15H15BrFNO. The maximum absolute atomic E-state index is 13.4. The van der Waals surface area contributed by atoms with Crippen molar-refractivity contribution in [2.45, 2.75) is 13.5 Å². The van der Waals surface area contributed by atoms with Gasteiger partial charge in [-0.3, -0.25) is 0 Å². The average Bonchev–Trinajstić information content (AvgIpc) is 2.40. The molecule has 1 N–H and O–H groups in total. The molecule has 0 aliphatic carbocycles. The summed E-state index contributed by atoms with van der Waals surface area (Å²) in [4.78, 5) is 0. The van der Waals surface area contributed by atoms with Gasteiger partial charge in [0.25, 0.3) is 0 Å². The molecule has 0 radical (unpaired) electrons. The van der Waals surface area contributed by atoms with Gasteiger partial charge in [-0.15, -0.1) is 0 Å². The molecule has 0 aliphatic rings. The minimum atomic E-state index is -0.203. The zero-order chi connectivity index (χ0) is 13.8. The van der Waals surface area contributed by atoms with Crippen molar-refractivity contribution in [3.05, 3.63) is 57.8 Å². The molecule has 4 heteroatoms. The molecule has 100 valence electrons. The lowest BCUT2D eigenvalue weighted by Crippen LogP contribution is -2.03. The fourth-order valence-corrected chi connectivity index (χ4v) is 2.28. The Morgan fingerprint density at radius 1 is 1.26 bits per heavy atom. The summed E-state index contributed by atoms with van der Waals surface area (Å²) >= 11 is 3.43. The van der Waals surface area contributed by atoms with E-state index in [0.717, 1.165) is 21.5 Å². The molecule has 2 aromatic carbocycles. The number of halogens is 2. The van der Waals surface area contributed by atoms with Crippen LogP contribution in [-0.4, -0.2) is 7.11 Å². The van der Waals surface area contributed by atoms with Crippen LogP contribution in [0.3, 0.4) is 0 Å². The van der Waals surface area contributed by atoms with E-state index in [1.807, 2.05) is 24.3 Å². The van der Waals surface area contributed by atoms with Crippen molar-refractivity contribution in [2.75, 3.05) is 12.4 Å². The highest BCUT2D eigenvalue weighted by atomic mass is 79.9. The second-order valence-corrected chi connectivity index (χ2v) is 5.14. The molecule has 0 fully saturated rings. The predicted octanol–water partition coefficient (Wildman–Crippen LogP) is 4.52. The first-order chi connectivity index (χ1) is 9.11. The summed E-state index contributed by atoms with van der Waals surface area (Å²) < 4.78 is 19.7. The summed E-state index contributed by atoms with van der Waals surface area (Å²) in [5, 5.41) is 3.23. The first-order valence-corrected chi connectivity index (χ1v) is 6.72. The molecule has 0 unspecified atom stereocenters. The van der Waals surface area contributed by atoms with Gasteiger partial charge in [0.1, 0.15) is 11.6 Å². The number of benzene rings is 2. The van der Waals surface area contributed by atoms with Crippen molar-refractivity contribution >= 4 is 21.6 Å². The highest BCUT2D eigenvalue weighted by Crippen LogP contribution is 2.25. The number of anilines is 1. The van der Waals surface area contributed by atoms with Gasteiger partial charge in [0, 0.05) is 27.8 Å². The highest BCUT2D eigenvalue weighted by molar-refractivity contribution is 9.10. The first kappa shape index (κ1) is 13.9. The third-order valence-corrected chi connectivity index (χ3v) is 3.47. The van der Waals surface area contributed by atoms with Gasteiger partial charge in [0.2, 0.25) is 0 Å². The maximum Gasteiger partial charge on any atom is 0.128 e. The Kier molecular flexibility index (Phi) is 4.43. The number of hydrogen-bond donors (Lipinski definition) is 1. The van der Waals surface area contributed by atoms with E-state index >= 15 is 0 Å². The second kappa shape index (κ2) is 6.06. The van der Waals surface area contributed by atoms with Crippen LogP contribution in [0.25, 0.3) is 0 Å². The summed E-state index contributed by atoms with van der Waals surface area (Å²) in [5.74, 6) is 0.607. The van der Waals surface area contributed by atoms with Crippen molar-refractivity contribution in [1.29, 1.82) is 0 Å². The van der Waals surface area contributed by atoms with Crippen LogP contribution in [0.1, 0.15) is 11.1 Å². The summed E-state index contributed by atoms with van der Waals surface area (Å²) in [6, 6.07) is 10.8. The molecular weight excluding hydrogens is 309 g/mol. The van der Waals surface area contributed by atoms with Crippen molar-refractivity contribution in [2.24, 2.45) is 0 Å². The van der Waals surface area contributed by atoms with Crippen molar-refractivity contribution in [1.82, 2.24) is 0 Å². The molecule has 0 spiro atoms. The van der Waals surface area contributed by atoms with Crippen LogP contribution in [0.15, 0.2) is 40.9 Å². The van der Waals surface area contributed by atoms with E-state index in [1.54, 1.807) is 20.1 Å². The quantitative estimate of drug-likeness (QED) is 0.893. The fourth-order valence-electron chi connectivity index (χ4n) is 1.87. The Hall–Kier alpha value is -1.55. The van der Waals surface area contributed by atoms with Gasteiger partial charge in [-0.05, 0) is 37.3 Å². The topological polar surface area (TPSA) is 21.3 Å². The summed E-state index contributed by atoms with van der Waals surface area (Å²) in [6.07, 6.45) is 0. The fraction of sp³-hybridized carbons (Fsp3) is 0.200. The molecule has 0 amide bonds. The van der Waals surface area contributed by atoms with E-state index in [0.29, 0.717) is 12.1 Å². The lowest BCUT2D eigenvalue weighted by Gasteiger charge is -2.13. The largest absolute Gasteiger partial charge is 0.496 e. The van der Waals surface area contributed by atoms with E-state index in [-0.39, 0.29) is 5.82 Å². The third kappa shape index (κ3) is 3.26. The first-order valence-electron chi connectivity index (χ1n) is 5.93. The molecule has 0 aliphatic heterocycles. The SMILES string of the molecule is COc1ccc(Br)cc1CNc1cccc(F)c1C. The predicted molar refractivity (Wildman–Crippen MR) is 79.2 cm³/mol. The van der Waals surface area contributed by atoms with Gasteiger partial charge in [-0.25, -0.2) is 4.39 Å². The molecule has 0 bridgehead atoms. The zero-order valence-electron chi connectivity index (χ0n) is 10.8. The monoisotopic (exact) mass is 323 g/mol. The van der Waals surface area contributed by atoms with Gasteiger partial charge in [0.15, 0.2) is 0 Å². The van der Waals surface area contributed by atoms with Crippen LogP contribution in [0.5, 0.6) is 5.75 Å². The van der Waals surface area contributed by atoms with E-state index in [9.17, 15) is 4.39 Å². The third-order valence-electron chi connectivity index (χ3n) is 2.98. The van der Waals surface area contributed by atoms with E-state index < -0.39 is 0 Å². The molecule has 0 atom stereocenters. The van der Waals surface area contributed by atoms with Crippen LogP contribution in [0.4, 0.5) is 10.1 Å². The van der Waals surface area contributed by atoms with Crippen LogP contribution >= 0.6 is 15.9 Å². The highest BCUT2D eigenvalue weighted by Gasteiger charge is 2.06. The Morgan fingerprint density at radius 2 is 2.05 bits per heavy atom. The van der Waals surface area contributed by atoms with Gasteiger partial charge in [-0.2, -0.15) is 0 Å². The lowest BCUT2D eigenvalue weighted by atomic mass is 10.1. The number of rotatable bonds is 4. The summed E-state index contributed by atoms with van der Waals surface area (Å²) in [6.45, 7) is 2.34. The molecule has 0 saturated carbocycles. The molecule has 0 heterocycles. The minimum Gasteiger partial charge on any atom is -0.496 e. The molecule has 0 saturated heterocycles. The molecule has 2 rings (SSSR count). The van der Waals surface area contributed by atoms with Gasteiger partial charge >= 0.3 is 0 Å². The number of methoxy groups -OCH3 is 1. The molecule has 2 aromatic rings. The average molecular weight is 324 g/mol. The number of nitrogens with one attached hydrogen (secondary N) is 1. The normalized spacial score (nSPS) is 10.3. The zero-order valence-corrected chi connectivity index (χ0v) is 12.4. The maximum atomic E-state index is 13.4. The molecule has 0 aromatic heterocycles. The van der Waals surface area contributed by atoms with E-state index in [1.165, 1.54) is 6.07 Å². The Labute approximate surface area is 120 Å². The van der Waals surface area contributed by atoms with E-state index in [2.05, 4.69) is 21.2 Å². The second-order valence-electron chi connectivity index (χ2n) is 4.22. The number of hydrogen-bond acceptors (Lipinski definition) is 2. The van der Waals surface area contributed by atoms with Crippen molar-refractivity contribution in [3.63, 3.8) is 0 Å². The standard InChI is InChI=1S/C15H15BrFNO/c1-10-13(17)4-3-5-14(10)18-9-11-8-12(16)6-7-15(11)19-2/h3-8,18H,9H2,1-2H3. The number of ether oxygens (including phenoxy) is 1. The molecule has 19 heavy (non-hydrogen) atoms. The van der Waals surface area contributed by atoms with Crippen LogP contribution in [0, 0.1) is 12.7 Å². The van der Waals surface area contributed by atoms with Crippen molar-refractivity contribution < 1.29 is 9.13 Å². The van der Waals surface area contributed by atoms with Crippen LogP contribution < -0.4 is 10.1 Å². The van der Waals surface area contributed by atoms with Crippen LogP contribution in [0.2, 0.25) is 0 Å². The smallest absolute Gasteiger partial charge is 0.128 e. The summed E-state index contributed by atoms with van der Waals surface area (Å²) in [5.41, 5.74) is 2.43. The Bertz CT molecular complexity index is 586. The van der Waals surface area contributed by atoms with Gasteiger partial charge < -0.3 is 10.1 Å². The van der Waals surface area contributed by atoms with Gasteiger partial charge in [-0.1, -0.05) is 22.0 Å². The van der Waals surface area contributed by atoms with Crippen LogP contribution in [-0.2, 0) is 6.54 Å². The molecule has 2 nitrogen and oxygen atoms in total.